The van der Waals surface area contributed by atoms with Crippen LogP contribution in [0.1, 0.15) is 44.1 Å². The summed E-state index contributed by atoms with van der Waals surface area (Å²) in [5, 5.41) is 2.80. The van der Waals surface area contributed by atoms with Gasteiger partial charge in [-0.15, -0.1) is 0 Å². The van der Waals surface area contributed by atoms with Gasteiger partial charge in [0.15, 0.2) is 0 Å². The Bertz CT molecular complexity index is 777. The zero-order valence-electron chi connectivity index (χ0n) is 16.4. The fraction of sp³-hybridized carbons (Fsp3) is 0.667. The fourth-order valence-corrected chi connectivity index (χ4v) is 7.19. The summed E-state index contributed by atoms with van der Waals surface area (Å²) in [6.45, 7) is 2.33. The zero-order valence-corrected chi connectivity index (χ0v) is 17.2. The van der Waals surface area contributed by atoms with Gasteiger partial charge < -0.3 is 10.2 Å². The van der Waals surface area contributed by atoms with E-state index in [1.54, 1.807) is 4.31 Å². The minimum atomic E-state index is -3.28. The lowest BCUT2D eigenvalue weighted by Gasteiger charge is -2.24. The maximum atomic E-state index is 13.1. The molecule has 3 fully saturated rings. The molecule has 1 aromatic rings. The van der Waals surface area contributed by atoms with Gasteiger partial charge in [-0.25, -0.2) is 17.5 Å². The highest BCUT2D eigenvalue weighted by Crippen LogP contribution is 2.34. The van der Waals surface area contributed by atoms with Crippen LogP contribution in [0.4, 0.5) is 4.79 Å². The Balaban J connectivity index is 1.34. The van der Waals surface area contributed by atoms with Crippen LogP contribution in [0, 0.1) is 5.92 Å². The molecule has 2 heterocycles. The van der Waals surface area contributed by atoms with Crippen molar-refractivity contribution in [1.82, 2.24) is 14.5 Å². The molecule has 7 heteroatoms. The molecule has 28 heavy (non-hydrogen) atoms. The molecule has 2 amide bonds. The molecule has 154 valence electrons. The van der Waals surface area contributed by atoms with E-state index < -0.39 is 10.0 Å². The lowest BCUT2D eigenvalue weighted by Crippen LogP contribution is -2.44. The van der Waals surface area contributed by atoms with Gasteiger partial charge in [-0.3, -0.25) is 0 Å². The van der Waals surface area contributed by atoms with E-state index in [0.717, 1.165) is 25.7 Å². The maximum absolute atomic E-state index is 13.1. The van der Waals surface area contributed by atoms with Crippen molar-refractivity contribution in [3.8, 4) is 0 Å². The average molecular weight is 406 g/mol. The highest BCUT2D eigenvalue weighted by Gasteiger charge is 2.47. The van der Waals surface area contributed by atoms with Gasteiger partial charge in [-0.05, 0) is 43.6 Å². The molecule has 0 spiro atoms. The van der Waals surface area contributed by atoms with Gasteiger partial charge in [-0.2, -0.15) is 0 Å². The van der Waals surface area contributed by atoms with Gasteiger partial charge in [0, 0.05) is 32.2 Å². The maximum Gasteiger partial charge on any atom is 0.317 e. The van der Waals surface area contributed by atoms with Crippen molar-refractivity contribution >= 4 is 16.1 Å². The molecule has 1 aliphatic carbocycles. The van der Waals surface area contributed by atoms with Crippen LogP contribution in [0.25, 0.3) is 0 Å². The first kappa shape index (κ1) is 19.7. The number of nitrogens with zero attached hydrogens (tertiary/aromatic N) is 2. The van der Waals surface area contributed by atoms with Gasteiger partial charge in [-0.1, -0.05) is 43.2 Å². The summed E-state index contributed by atoms with van der Waals surface area (Å²) in [5.41, 5.74) is 1.17. The lowest BCUT2D eigenvalue weighted by molar-refractivity contribution is 0.194. The molecule has 1 saturated carbocycles. The van der Waals surface area contributed by atoms with Crippen LogP contribution < -0.4 is 5.32 Å². The van der Waals surface area contributed by atoms with Crippen molar-refractivity contribution in [3.05, 3.63) is 35.9 Å². The van der Waals surface area contributed by atoms with E-state index in [-0.39, 0.29) is 17.2 Å². The number of rotatable bonds is 4. The Hall–Kier alpha value is -1.60. The monoisotopic (exact) mass is 405 g/mol. The fourth-order valence-electron chi connectivity index (χ4n) is 4.95. The number of hydrogen-bond acceptors (Lipinski definition) is 3. The molecule has 3 aliphatic rings. The minimum Gasteiger partial charge on any atom is -0.335 e. The first-order valence-electron chi connectivity index (χ1n) is 10.6. The second kappa shape index (κ2) is 8.41. The van der Waals surface area contributed by atoms with E-state index in [2.05, 4.69) is 5.32 Å². The molecule has 0 radical (unpaired) electrons. The molecule has 2 atom stereocenters. The summed E-state index contributed by atoms with van der Waals surface area (Å²) in [6, 6.07) is 10.3. The summed E-state index contributed by atoms with van der Waals surface area (Å²) in [4.78, 5) is 14.4. The van der Waals surface area contributed by atoms with E-state index in [0.29, 0.717) is 38.6 Å². The third-order valence-corrected chi connectivity index (χ3v) is 9.06. The van der Waals surface area contributed by atoms with E-state index in [4.69, 9.17) is 0 Å². The van der Waals surface area contributed by atoms with Crippen LogP contribution in [0.5, 0.6) is 0 Å². The standard InChI is InChI=1S/C21H31N3O3S/c25-21(22-19-8-4-5-9-19)23-13-11-18-16-24(28(26,27)20(18)12-14-23)15-10-17-6-2-1-3-7-17/h1-3,6-7,18-20H,4-5,8-16H2,(H,22,25)/t18-,20-/m1/s1. The molecule has 0 bridgehead atoms. The van der Waals surface area contributed by atoms with Gasteiger partial charge in [0.1, 0.15) is 0 Å². The topological polar surface area (TPSA) is 69.7 Å². The highest BCUT2D eigenvalue weighted by atomic mass is 32.2. The number of carbonyl (C=O) groups is 1. The Labute approximate surface area is 168 Å². The van der Waals surface area contributed by atoms with Crippen LogP contribution in [0.15, 0.2) is 30.3 Å². The summed E-state index contributed by atoms with van der Waals surface area (Å²) in [5.74, 6) is 0.130. The largest absolute Gasteiger partial charge is 0.335 e. The molecule has 6 nitrogen and oxygen atoms in total. The number of likely N-dealkylation sites (tertiary alicyclic amines) is 1. The SMILES string of the molecule is O=C(NC1CCCC1)N1CC[C@@H]2CN(CCc3ccccc3)S(=O)(=O)[C@@H]2CC1. The van der Waals surface area contributed by atoms with Gasteiger partial charge in [0.25, 0.3) is 0 Å². The molecule has 0 aromatic heterocycles. The molecule has 2 saturated heterocycles. The molecule has 2 aliphatic heterocycles. The van der Waals surface area contributed by atoms with Gasteiger partial charge >= 0.3 is 6.03 Å². The van der Waals surface area contributed by atoms with Crippen LogP contribution >= 0.6 is 0 Å². The Morgan fingerprint density at radius 3 is 2.50 bits per heavy atom. The van der Waals surface area contributed by atoms with Gasteiger partial charge in [0.05, 0.1) is 5.25 Å². The number of fused-ring (bicyclic) bond motifs is 1. The first-order valence-corrected chi connectivity index (χ1v) is 12.1. The quantitative estimate of drug-likeness (QED) is 0.837. The number of hydrogen-bond donors (Lipinski definition) is 1. The van der Waals surface area contributed by atoms with Gasteiger partial charge in [0.2, 0.25) is 10.0 Å². The van der Waals surface area contributed by atoms with E-state index >= 15 is 0 Å². The summed E-state index contributed by atoms with van der Waals surface area (Å²) in [7, 11) is -3.28. The Morgan fingerprint density at radius 1 is 1.04 bits per heavy atom. The van der Waals surface area contributed by atoms with Crippen LogP contribution in [0.2, 0.25) is 0 Å². The van der Waals surface area contributed by atoms with E-state index in [1.807, 2.05) is 35.2 Å². The van der Waals surface area contributed by atoms with E-state index in [1.165, 1.54) is 18.4 Å². The first-order chi connectivity index (χ1) is 13.5. The van der Waals surface area contributed by atoms with E-state index in [9.17, 15) is 13.2 Å². The van der Waals surface area contributed by atoms with Crippen LogP contribution in [-0.2, 0) is 16.4 Å². The third-order valence-electron chi connectivity index (χ3n) is 6.62. The molecule has 1 aromatic carbocycles. The average Bonchev–Trinajstić information content (AvgIpc) is 3.20. The molecule has 0 unspecified atom stereocenters. The third kappa shape index (κ3) is 4.20. The van der Waals surface area contributed by atoms with Crippen molar-refractivity contribution in [2.24, 2.45) is 5.92 Å². The second-order valence-electron chi connectivity index (χ2n) is 8.43. The van der Waals surface area contributed by atoms with Crippen molar-refractivity contribution in [2.75, 3.05) is 26.2 Å². The number of carbonyl (C=O) groups excluding carboxylic acids is 1. The number of sulfonamides is 1. The van der Waals surface area contributed by atoms with Crippen LogP contribution in [0.3, 0.4) is 0 Å². The van der Waals surface area contributed by atoms with Crippen LogP contribution in [-0.4, -0.2) is 61.1 Å². The number of benzene rings is 1. The number of urea groups is 1. The van der Waals surface area contributed by atoms with Crippen molar-refractivity contribution < 1.29 is 13.2 Å². The molecule has 1 N–H and O–H groups in total. The zero-order chi connectivity index (χ0) is 19.6. The van der Waals surface area contributed by atoms with Crippen molar-refractivity contribution in [2.45, 2.75) is 56.2 Å². The molecular weight excluding hydrogens is 374 g/mol. The molecular formula is C21H31N3O3S. The smallest absolute Gasteiger partial charge is 0.317 e. The number of amides is 2. The highest BCUT2D eigenvalue weighted by molar-refractivity contribution is 7.90. The minimum absolute atomic E-state index is 0.00907. The number of nitrogens with one attached hydrogen (secondary N) is 1. The molecule has 4 rings (SSSR count). The second-order valence-corrected chi connectivity index (χ2v) is 10.6. The lowest BCUT2D eigenvalue weighted by atomic mass is 10.0. The predicted octanol–water partition coefficient (Wildman–Crippen LogP) is 2.61. The Morgan fingerprint density at radius 2 is 1.75 bits per heavy atom. The van der Waals surface area contributed by atoms with Crippen molar-refractivity contribution in [1.29, 1.82) is 0 Å². The summed E-state index contributed by atoms with van der Waals surface area (Å²) >= 11 is 0. The predicted molar refractivity (Wildman–Crippen MR) is 110 cm³/mol. The summed E-state index contributed by atoms with van der Waals surface area (Å²) in [6.07, 6.45) is 6.57. The van der Waals surface area contributed by atoms with Crippen molar-refractivity contribution in [3.63, 3.8) is 0 Å². The summed E-state index contributed by atoms with van der Waals surface area (Å²) < 4.78 is 27.8. The normalized spacial score (nSPS) is 28.1. The Kier molecular flexibility index (Phi) is 5.92.